The van der Waals surface area contributed by atoms with Gasteiger partial charge in [0.05, 0.1) is 13.2 Å². The van der Waals surface area contributed by atoms with Gasteiger partial charge in [0.25, 0.3) is 0 Å². The predicted octanol–water partition coefficient (Wildman–Crippen LogP) is 1.78. The van der Waals surface area contributed by atoms with Gasteiger partial charge in [-0.3, -0.25) is 0 Å². The zero-order valence-electron chi connectivity index (χ0n) is 10.5. The Labute approximate surface area is 97.4 Å². The number of aryl methyl sites for hydroxylation is 2. The largest absolute Gasteiger partial charge is 0.496 e. The number of benzene rings is 1. The summed E-state index contributed by atoms with van der Waals surface area (Å²) in [4.78, 5) is 0. The minimum Gasteiger partial charge on any atom is -0.496 e. The average molecular weight is 223 g/mol. The molecule has 90 valence electrons. The van der Waals surface area contributed by atoms with Gasteiger partial charge in [-0.15, -0.1) is 0 Å². The Balaban J connectivity index is 2.68. The van der Waals surface area contributed by atoms with E-state index >= 15 is 0 Å². The van der Waals surface area contributed by atoms with E-state index in [4.69, 9.17) is 9.84 Å². The highest BCUT2D eigenvalue weighted by Gasteiger charge is 2.05. The van der Waals surface area contributed by atoms with Crippen molar-refractivity contribution < 1.29 is 9.84 Å². The molecule has 1 aromatic rings. The van der Waals surface area contributed by atoms with Crippen LogP contribution in [0.1, 0.15) is 23.6 Å². The molecular weight excluding hydrogens is 202 g/mol. The van der Waals surface area contributed by atoms with Crippen LogP contribution in [-0.2, 0) is 6.54 Å². The first-order valence-corrected chi connectivity index (χ1v) is 5.57. The van der Waals surface area contributed by atoms with E-state index in [1.165, 1.54) is 5.56 Å². The van der Waals surface area contributed by atoms with Gasteiger partial charge in [0.15, 0.2) is 0 Å². The molecule has 0 aliphatic heterocycles. The van der Waals surface area contributed by atoms with E-state index in [-0.39, 0.29) is 6.10 Å². The zero-order valence-corrected chi connectivity index (χ0v) is 10.5. The van der Waals surface area contributed by atoms with Crippen LogP contribution in [-0.4, -0.2) is 24.9 Å². The Morgan fingerprint density at radius 2 is 1.88 bits per heavy atom. The van der Waals surface area contributed by atoms with E-state index in [1.807, 2.05) is 13.8 Å². The molecule has 0 saturated heterocycles. The second-order valence-corrected chi connectivity index (χ2v) is 4.24. The van der Waals surface area contributed by atoms with Crippen LogP contribution in [0.25, 0.3) is 0 Å². The van der Waals surface area contributed by atoms with Crippen molar-refractivity contribution in [3.05, 3.63) is 28.8 Å². The summed E-state index contributed by atoms with van der Waals surface area (Å²) < 4.78 is 5.31. The third-order valence-electron chi connectivity index (χ3n) is 2.49. The number of hydrogen-bond acceptors (Lipinski definition) is 3. The van der Waals surface area contributed by atoms with Crippen molar-refractivity contribution in [2.45, 2.75) is 33.4 Å². The highest BCUT2D eigenvalue weighted by atomic mass is 16.5. The fourth-order valence-electron chi connectivity index (χ4n) is 1.89. The van der Waals surface area contributed by atoms with Gasteiger partial charge >= 0.3 is 0 Å². The predicted molar refractivity (Wildman–Crippen MR) is 65.9 cm³/mol. The summed E-state index contributed by atoms with van der Waals surface area (Å²) in [6.07, 6.45) is -0.305. The van der Waals surface area contributed by atoms with Crippen LogP contribution in [0.2, 0.25) is 0 Å². The van der Waals surface area contributed by atoms with E-state index in [9.17, 15) is 0 Å². The molecule has 3 nitrogen and oxygen atoms in total. The molecule has 0 bridgehead atoms. The van der Waals surface area contributed by atoms with Crippen LogP contribution in [0.5, 0.6) is 5.75 Å². The molecule has 0 spiro atoms. The van der Waals surface area contributed by atoms with Gasteiger partial charge in [-0.2, -0.15) is 0 Å². The van der Waals surface area contributed by atoms with Crippen molar-refractivity contribution in [3.63, 3.8) is 0 Å². The Hall–Kier alpha value is -1.06. The molecule has 3 heteroatoms. The van der Waals surface area contributed by atoms with Gasteiger partial charge in [-0.25, -0.2) is 0 Å². The van der Waals surface area contributed by atoms with Crippen molar-refractivity contribution in [3.8, 4) is 5.75 Å². The van der Waals surface area contributed by atoms with Crippen LogP contribution < -0.4 is 10.1 Å². The van der Waals surface area contributed by atoms with Crippen molar-refractivity contribution in [1.82, 2.24) is 5.32 Å². The second-order valence-electron chi connectivity index (χ2n) is 4.24. The minimum atomic E-state index is -0.305. The molecule has 0 heterocycles. The summed E-state index contributed by atoms with van der Waals surface area (Å²) in [7, 11) is 1.70. The number of methoxy groups -OCH3 is 1. The Morgan fingerprint density at radius 1 is 1.31 bits per heavy atom. The molecule has 0 aromatic heterocycles. The van der Waals surface area contributed by atoms with Gasteiger partial charge in [-0.1, -0.05) is 12.1 Å². The van der Waals surface area contributed by atoms with Crippen molar-refractivity contribution in [2.75, 3.05) is 13.7 Å². The van der Waals surface area contributed by atoms with E-state index in [0.29, 0.717) is 6.54 Å². The highest BCUT2D eigenvalue weighted by Crippen LogP contribution is 2.24. The lowest BCUT2D eigenvalue weighted by molar-refractivity contribution is 0.191. The van der Waals surface area contributed by atoms with Crippen LogP contribution in [0, 0.1) is 13.8 Å². The Kier molecular flexibility index (Phi) is 4.77. The highest BCUT2D eigenvalue weighted by molar-refractivity contribution is 5.43. The van der Waals surface area contributed by atoms with Crippen molar-refractivity contribution in [1.29, 1.82) is 0 Å². The average Bonchev–Trinajstić information content (AvgIpc) is 2.16. The van der Waals surface area contributed by atoms with Crippen LogP contribution in [0.15, 0.2) is 12.1 Å². The molecular formula is C13H21NO2. The van der Waals surface area contributed by atoms with Crippen LogP contribution in [0.4, 0.5) is 0 Å². The number of aliphatic hydroxyl groups excluding tert-OH is 1. The molecule has 0 unspecified atom stereocenters. The lowest BCUT2D eigenvalue weighted by atomic mass is 10.1. The summed E-state index contributed by atoms with van der Waals surface area (Å²) in [6.45, 7) is 7.26. The van der Waals surface area contributed by atoms with Crippen molar-refractivity contribution >= 4 is 0 Å². The third kappa shape index (κ3) is 3.51. The number of hydrogen-bond donors (Lipinski definition) is 2. The Morgan fingerprint density at radius 3 is 2.31 bits per heavy atom. The van der Waals surface area contributed by atoms with E-state index < -0.39 is 0 Å². The molecule has 0 amide bonds. The van der Waals surface area contributed by atoms with Crippen LogP contribution >= 0.6 is 0 Å². The van der Waals surface area contributed by atoms with E-state index in [2.05, 4.69) is 17.4 Å². The maximum absolute atomic E-state index is 9.14. The molecule has 0 aliphatic rings. The molecule has 1 rings (SSSR count). The second kappa shape index (κ2) is 5.87. The summed E-state index contributed by atoms with van der Waals surface area (Å²) >= 11 is 0. The van der Waals surface area contributed by atoms with Gasteiger partial charge in [0, 0.05) is 13.1 Å². The quantitative estimate of drug-likeness (QED) is 0.799. The number of ether oxygens (including phenoxy) is 1. The number of nitrogens with one attached hydrogen (secondary N) is 1. The summed E-state index contributed by atoms with van der Waals surface area (Å²) in [5.41, 5.74) is 3.52. The molecule has 0 saturated carbocycles. The molecule has 16 heavy (non-hydrogen) atoms. The van der Waals surface area contributed by atoms with Gasteiger partial charge in [0.2, 0.25) is 0 Å². The van der Waals surface area contributed by atoms with E-state index in [0.717, 1.165) is 23.4 Å². The summed E-state index contributed by atoms with van der Waals surface area (Å²) in [6, 6.07) is 4.22. The van der Waals surface area contributed by atoms with E-state index in [1.54, 1.807) is 14.0 Å². The van der Waals surface area contributed by atoms with Gasteiger partial charge in [-0.05, 0) is 37.5 Å². The van der Waals surface area contributed by atoms with Gasteiger partial charge in [0.1, 0.15) is 5.75 Å². The molecule has 2 N–H and O–H groups in total. The topological polar surface area (TPSA) is 41.5 Å². The minimum absolute atomic E-state index is 0.305. The number of aliphatic hydroxyl groups is 1. The maximum Gasteiger partial charge on any atom is 0.124 e. The molecule has 0 fully saturated rings. The van der Waals surface area contributed by atoms with Crippen LogP contribution in [0.3, 0.4) is 0 Å². The fraction of sp³-hybridized carbons (Fsp3) is 0.538. The number of rotatable bonds is 5. The SMILES string of the molecule is COc1c(C)cc(CNC[C@H](C)O)cc1C. The molecule has 1 aromatic carbocycles. The van der Waals surface area contributed by atoms with Gasteiger partial charge < -0.3 is 15.2 Å². The molecule has 0 radical (unpaired) electrons. The normalized spacial score (nSPS) is 12.6. The lowest BCUT2D eigenvalue weighted by Crippen LogP contribution is -2.23. The Bertz CT molecular complexity index is 325. The zero-order chi connectivity index (χ0) is 12.1. The molecule has 0 aliphatic carbocycles. The summed E-state index contributed by atoms with van der Waals surface area (Å²) in [5.74, 6) is 0.958. The first-order chi connectivity index (χ1) is 7.54. The third-order valence-corrected chi connectivity index (χ3v) is 2.49. The fourth-order valence-corrected chi connectivity index (χ4v) is 1.89. The summed E-state index contributed by atoms with van der Waals surface area (Å²) in [5, 5.41) is 12.3. The monoisotopic (exact) mass is 223 g/mol. The van der Waals surface area contributed by atoms with Crippen molar-refractivity contribution in [2.24, 2.45) is 0 Å². The first-order valence-electron chi connectivity index (χ1n) is 5.57. The maximum atomic E-state index is 9.14. The smallest absolute Gasteiger partial charge is 0.124 e. The first kappa shape index (κ1) is 13.0. The lowest BCUT2D eigenvalue weighted by Gasteiger charge is -2.12. The standard InChI is InChI=1S/C13H21NO2/c1-9-5-12(8-14-7-11(3)15)6-10(2)13(9)16-4/h5-6,11,14-15H,7-8H2,1-4H3/t11-/m0/s1. The molecule has 1 atom stereocenters.